The molecule has 0 spiro atoms. The highest BCUT2D eigenvalue weighted by Gasteiger charge is 2.19. The van der Waals surface area contributed by atoms with Gasteiger partial charge in [0.2, 0.25) is 18.4 Å². The zero-order chi connectivity index (χ0) is 25.4. The molecule has 0 aliphatic carbocycles. The lowest BCUT2D eigenvalue weighted by Gasteiger charge is -2.06. The van der Waals surface area contributed by atoms with Crippen molar-refractivity contribution in [3.8, 4) is 28.7 Å². The van der Waals surface area contributed by atoms with E-state index in [4.69, 9.17) is 41.3 Å². The molecule has 1 amide bonds. The van der Waals surface area contributed by atoms with Gasteiger partial charge in [-0.1, -0.05) is 30.4 Å². The van der Waals surface area contributed by atoms with Gasteiger partial charge in [-0.25, -0.2) is 0 Å². The van der Waals surface area contributed by atoms with Crippen molar-refractivity contribution in [2.24, 2.45) is 11.5 Å². The number of aromatic hydroxyl groups is 1. The Morgan fingerprint density at radius 1 is 1.00 bits per heavy atom. The molecule has 0 radical (unpaired) electrons. The number of amides is 1. The van der Waals surface area contributed by atoms with Crippen molar-refractivity contribution in [1.82, 2.24) is 0 Å². The van der Waals surface area contributed by atoms with E-state index in [2.05, 4.69) is 0 Å². The van der Waals surface area contributed by atoms with Crippen LogP contribution in [0.15, 0.2) is 54.6 Å². The van der Waals surface area contributed by atoms with Gasteiger partial charge < -0.3 is 41.3 Å². The van der Waals surface area contributed by atoms with Gasteiger partial charge in [0.1, 0.15) is 11.5 Å². The van der Waals surface area contributed by atoms with Crippen molar-refractivity contribution in [3.63, 3.8) is 0 Å². The minimum atomic E-state index is -0.662. The fourth-order valence-electron chi connectivity index (χ4n) is 3.28. The first-order valence-corrected chi connectivity index (χ1v) is 10.7. The van der Waals surface area contributed by atoms with Crippen LogP contribution in [0.2, 0.25) is 0 Å². The van der Waals surface area contributed by atoms with E-state index in [1.165, 1.54) is 0 Å². The van der Waals surface area contributed by atoms with E-state index in [0.717, 1.165) is 16.7 Å². The number of rotatable bonds is 7. The van der Waals surface area contributed by atoms with Gasteiger partial charge in [-0.3, -0.25) is 4.79 Å². The maximum Gasteiger partial charge on any atom is 0.234 e. The topological polar surface area (TPSA) is 152 Å². The normalized spacial score (nSPS) is 12.5. The maximum atomic E-state index is 10.6. The second-order valence-corrected chi connectivity index (χ2v) is 7.67. The second-order valence-electron chi connectivity index (χ2n) is 7.67. The van der Waals surface area contributed by atoms with Crippen LogP contribution in [0.4, 0.5) is 5.69 Å². The summed E-state index contributed by atoms with van der Waals surface area (Å²) < 4.78 is 21.3. The zero-order valence-corrected chi connectivity index (χ0v) is 19.6. The predicted octanol–water partition coefficient (Wildman–Crippen LogP) is 2.93. The molecule has 4 rings (SSSR count). The molecule has 1 aliphatic heterocycles. The van der Waals surface area contributed by atoms with Crippen LogP contribution in [-0.4, -0.2) is 38.1 Å². The summed E-state index contributed by atoms with van der Waals surface area (Å²) in [6, 6.07) is 15.3. The molecule has 3 aromatic rings. The van der Waals surface area contributed by atoms with E-state index >= 15 is 0 Å². The van der Waals surface area contributed by atoms with Crippen molar-refractivity contribution in [2.45, 2.75) is 12.5 Å². The Bertz CT molecular complexity index is 1190. The van der Waals surface area contributed by atoms with Crippen molar-refractivity contribution < 1.29 is 28.8 Å². The average molecular weight is 480 g/mol. The largest absolute Gasteiger partial charge is 0.508 e. The molecule has 35 heavy (non-hydrogen) atoms. The molecule has 0 bridgehead atoms. The van der Waals surface area contributed by atoms with E-state index in [-0.39, 0.29) is 12.5 Å². The summed E-state index contributed by atoms with van der Waals surface area (Å²) in [5.74, 6) is 2.33. The Kier molecular flexibility index (Phi) is 8.42. The van der Waals surface area contributed by atoms with Gasteiger partial charge in [-0.05, 0) is 59.5 Å². The molecule has 1 atom stereocenters. The Hall–Kier alpha value is -4.37. The number of nitrogen functional groups attached to an aromatic ring is 1. The standard InChI is InChI=1S/C17H17NO4.C9H12N2O2/c1-19-14-6-5-11(7-13(14)18)3-4-12-8-15(20-2)17-16(9-12)21-10-22-17;10-8(9(11)13)5-6-1-3-7(12)4-2-6/h3-9H,10,18H2,1-2H3;1-4,8,12H,5,10H2,(H2,11,13)/b4-3-;/t;8-/m.0/s1. The lowest BCUT2D eigenvalue weighted by molar-refractivity contribution is -0.119. The van der Waals surface area contributed by atoms with Crippen LogP contribution in [-0.2, 0) is 11.2 Å². The van der Waals surface area contributed by atoms with Gasteiger partial charge in [-0.15, -0.1) is 0 Å². The molecule has 3 aromatic carbocycles. The van der Waals surface area contributed by atoms with Crippen LogP contribution in [0.5, 0.6) is 28.7 Å². The summed E-state index contributed by atoms with van der Waals surface area (Å²) in [5.41, 5.74) is 19.8. The van der Waals surface area contributed by atoms with E-state index in [1.54, 1.807) is 38.5 Å². The van der Waals surface area contributed by atoms with Gasteiger partial charge in [0.15, 0.2) is 11.5 Å². The summed E-state index contributed by atoms with van der Waals surface area (Å²) in [6.45, 7) is 0.216. The van der Waals surface area contributed by atoms with Crippen LogP contribution < -0.4 is 36.1 Å². The quantitative estimate of drug-likeness (QED) is 0.298. The first-order valence-electron chi connectivity index (χ1n) is 10.7. The van der Waals surface area contributed by atoms with Crippen molar-refractivity contribution in [3.05, 3.63) is 71.3 Å². The number of ether oxygens (including phenoxy) is 4. The molecule has 0 aromatic heterocycles. The van der Waals surface area contributed by atoms with E-state index in [1.807, 2.05) is 42.5 Å². The molecule has 184 valence electrons. The summed E-state index contributed by atoms with van der Waals surface area (Å²) in [7, 11) is 3.20. The Morgan fingerprint density at radius 3 is 2.31 bits per heavy atom. The maximum absolute atomic E-state index is 10.6. The molecule has 1 aliphatic rings. The van der Waals surface area contributed by atoms with Crippen molar-refractivity contribution in [2.75, 3.05) is 26.7 Å². The number of benzene rings is 3. The molecule has 0 saturated heterocycles. The molecule has 0 saturated carbocycles. The average Bonchev–Trinajstić information content (AvgIpc) is 3.33. The number of hydrogen-bond donors (Lipinski definition) is 4. The zero-order valence-electron chi connectivity index (χ0n) is 19.6. The number of phenolic OH excluding ortho intramolecular Hbond substituents is 1. The van der Waals surface area contributed by atoms with E-state index in [9.17, 15) is 4.79 Å². The number of carbonyl (C=O) groups excluding carboxylic acids is 1. The number of primary amides is 1. The van der Waals surface area contributed by atoms with E-state index in [0.29, 0.717) is 35.1 Å². The fourth-order valence-corrected chi connectivity index (χ4v) is 3.28. The molecule has 9 nitrogen and oxygen atoms in total. The highest BCUT2D eigenvalue weighted by Crippen LogP contribution is 2.42. The van der Waals surface area contributed by atoms with Gasteiger partial charge >= 0.3 is 0 Å². The minimum absolute atomic E-state index is 0.191. The fraction of sp³-hybridized carbons (Fsp3) is 0.192. The van der Waals surface area contributed by atoms with Crippen LogP contribution in [0.3, 0.4) is 0 Å². The molecule has 0 fully saturated rings. The Labute approximate surface area is 203 Å². The summed E-state index contributed by atoms with van der Waals surface area (Å²) in [6.07, 6.45) is 4.33. The number of phenols is 1. The minimum Gasteiger partial charge on any atom is -0.508 e. The first kappa shape index (κ1) is 25.3. The second kappa shape index (κ2) is 11.7. The monoisotopic (exact) mass is 479 g/mol. The number of fused-ring (bicyclic) bond motifs is 1. The van der Waals surface area contributed by atoms with Crippen molar-refractivity contribution >= 4 is 23.7 Å². The Balaban J connectivity index is 0.000000225. The lowest BCUT2D eigenvalue weighted by Crippen LogP contribution is -2.38. The van der Waals surface area contributed by atoms with Crippen LogP contribution in [0, 0.1) is 0 Å². The number of hydrogen-bond acceptors (Lipinski definition) is 8. The van der Waals surface area contributed by atoms with Crippen LogP contribution in [0.25, 0.3) is 12.2 Å². The highest BCUT2D eigenvalue weighted by atomic mass is 16.7. The van der Waals surface area contributed by atoms with Crippen molar-refractivity contribution in [1.29, 1.82) is 0 Å². The predicted molar refractivity (Wildman–Crippen MR) is 134 cm³/mol. The molecular weight excluding hydrogens is 450 g/mol. The number of nitrogens with two attached hydrogens (primary N) is 3. The molecule has 0 unspecified atom stereocenters. The SMILES string of the molecule is COc1ccc(/C=C\c2cc(OC)c3c(c2)OCO3)cc1N.NC(=O)[C@@H](N)Cc1ccc(O)cc1. The van der Waals surface area contributed by atoms with Gasteiger partial charge in [0.05, 0.1) is 25.9 Å². The lowest BCUT2D eigenvalue weighted by atomic mass is 10.1. The van der Waals surface area contributed by atoms with Gasteiger partial charge in [0, 0.05) is 0 Å². The van der Waals surface area contributed by atoms with E-state index < -0.39 is 11.9 Å². The third kappa shape index (κ3) is 6.81. The van der Waals surface area contributed by atoms with Gasteiger partial charge in [-0.2, -0.15) is 0 Å². The number of anilines is 1. The molecule has 1 heterocycles. The molecular formula is C26H29N3O6. The molecule has 9 heteroatoms. The first-order chi connectivity index (χ1) is 16.8. The number of carbonyl (C=O) groups is 1. The summed E-state index contributed by atoms with van der Waals surface area (Å²) in [5, 5.41) is 8.98. The Morgan fingerprint density at radius 2 is 1.69 bits per heavy atom. The third-order valence-corrected chi connectivity index (χ3v) is 5.16. The summed E-state index contributed by atoms with van der Waals surface area (Å²) >= 11 is 0. The van der Waals surface area contributed by atoms with Crippen LogP contribution >= 0.6 is 0 Å². The molecule has 7 N–H and O–H groups in total. The highest BCUT2D eigenvalue weighted by molar-refractivity contribution is 5.80. The third-order valence-electron chi connectivity index (χ3n) is 5.16. The number of methoxy groups -OCH3 is 2. The van der Waals surface area contributed by atoms with Gasteiger partial charge in [0.25, 0.3) is 0 Å². The van der Waals surface area contributed by atoms with Crippen LogP contribution in [0.1, 0.15) is 16.7 Å². The smallest absolute Gasteiger partial charge is 0.234 e. The summed E-state index contributed by atoms with van der Waals surface area (Å²) in [4.78, 5) is 10.6.